The van der Waals surface area contributed by atoms with Gasteiger partial charge in [-0.2, -0.15) is 0 Å². The third-order valence-corrected chi connectivity index (χ3v) is 3.48. The van der Waals surface area contributed by atoms with Crippen LogP contribution >= 0.6 is 11.8 Å². The molecule has 17 heavy (non-hydrogen) atoms. The molecule has 0 fully saturated rings. The lowest BCUT2D eigenvalue weighted by Gasteiger charge is -2.23. The lowest BCUT2D eigenvalue weighted by atomic mass is 10.1. The van der Waals surface area contributed by atoms with Crippen molar-refractivity contribution in [2.75, 3.05) is 6.61 Å². The second-order valence-corrected chi connectivity index (χ2v) is 6.86. The molecule has 0 aliphatic carbocycles. The Morgan fingerprint density at radius 3 is 2.29 bits per heavy atom. The minimum atomic E-state index is -0.217. The second kappa shape index (κ2) is 6.43. The van der Waals surface area contributed by atoms with E-state index >= 15 is 0 Å². The fourth-order valence-electron chi connectivity index (χ4n) is 1.36. The predicted octanol–water partition coefficient (Wildman–Crippen LogP) is 3.05. The topological polar surface area (TPSA) is 32.3 Å². The molecule has 0 atom stereocenters. The summed E-state index contributed by atoms with van der Waals surface area (Å²) in [5.74, 6) is 0. The highest BCUT2D eigenvalue weighted by Crippen LogP contribution is 2.22. The molecular formula is C14H23NOS. The summed E-state index contributed by atoms with van der Waals surface area (Å²) in [6.45, 7) is 9.33. The molecule has 0 saturated carbocycles. The van der Waals surface area contributed by atoms with Crippen molar-refractivity contribution in [2.24, 2.45) is 0 Å². The van der Waals surface area contributed by atoms with Crippen LogP contribution in [0.3, 0.4) is 0 Å². The first-order chi connectivity index (χ1) is 7.93. The van der Waals surface area contributed by atoms with Gasteiger partial charge in [0.1, 0.15) is 0 Å². The highest BCUT2D eigenvalue weighted by atomic mass is 32.2. The summed E-state index contributed by atoms with van der Waals surface area (Å²) in [6, 6.07) is 8.61. The van der Waals surface area contributed by atoms with Gasteiger partial charge in [-0.25, -0.2) is 0 Å². The van der Waals surface area contributed by atoms with E-state index in [0.717, 1.165) is 6.54 Å². The Kier molecular flexibility index (Phi) is 5.50. The second-order valence-electron chi connectivity index (χ2n) is 5.21. The van der Waals surface area contributed by atoms with Gasteiger partial charge in [0.2, 0.25) is 0 Å². The van der Waals surface area contributed by atoms with Crippen molar-refractivity contribution in [1.29, 1.82) is 0 Å². The summed E-state index contributed by atoms with van der Waals surface area (Å²) >= 11 is 1.87. The van der Waals surface area contributed by atoms with Crippen LogP contribution in [0.25, 0.3) is 0 Å². The molecule has 1 rings (SSSR count). The Morgan fingerprint density at radius 1 is 1.24 bits per heavy atom. The zero-order chi connectivity index (χ0) is 12.9. The molecule has 0 heterocycles. The molecule has 3 heteroatoms. The monoisotopic (exact) mass is 253 g/mol. The van der Waals surface area contributed by atoms with Crippen LogP contribution in [0.4, 0.5) is 0 Å². The number of hydrogen-bond acceptors (Lipinski definition) is 3. The quantitative estimate of drug-likeness (QED) is 0.764. The van der Waals surface area contributed by atoms with Crippen molar-refractivity contribution in [2.45, 2.75) is 49.9 Å². The van der Waals surface area contributed by atoms with Gasteiger partial charge in [0.25, 0.3) is 0 Å². The summed E-state index contributed by atoms with van der Waals surface area (Å²) in [5.41, 5.74) is 1.03. The van der Waals surface area contributed by atoms with Crippen molar-refractivity contribution < 1.29 is 5.11 Å². The molecule has 2 N–H and O–H groups in total. The zero-order valence-electron chi connectivity index (χ0n) is 11.2. The first-order valence-electron chi connectivity index (χ1n) is 6.04. The van der Waals surface area contributed by atoms with Gasteiger partial charge >= 0.3 is 0 Å². The van der Waals surface area contributed by atoms with Gasteiger partial charge in [-0.1, -0.05) is 26.0 Å². The van der Waals surface area contributed by atoms with Gasteiger partial charge in [0.05, 0.1) is 6.61 Å². The van der Waals surface area contributed by atoms with Gasteiger partial charge < -0.3 is 10.4 Å². The molecule has 0 radical (unpaired) electrons. The molecule has 0 spiro atoms. The summed E-state index contributed by atoms with van der Waals surface area (Å²) in [5, 5.41) is 13.1. The van der Waals surface area contributed by atoms with Crippen LogP contribution < -0.4 is 5.32 Å². The Bertz CT molecular complexity index is 333. The average Bonchev–Trinajstić information content (AvgIpc) is 2.28. The zero-order valence-corrected chi connectivity index (χ0v) is 12.0. The standard InChI is InChI=1S/C14H23NOS/c1-11(2)17-13-7-5-12(6-8-13)9-15-14(3,4)10-16/h5-8,11,15-16H,9-10H2,1-4H3. The Hall–Kier alpha value is -0.510. The van der Waals surface area contributed by atoms with Crippen molar-refractivity contribution in [3.8, 4) is 0 Å². The van der Waals surface area contributed by atoms with E-state index in [4.69, 9.17) is 5.11 Å². The number of nitrogens with one attached hydrogen (secondary N) is 1. The summed E-state index contributed by atoms with van der Waals surface area (Å²) in [4.78, 5) is 1.31. The summed E-state index contributed by atoms with van der Waals surface area (Å²) < 4.78 is 0. The number of aliphatic hydroxyl groups is 1. The Balaban J connectivity index is 2.51. The highest BCUT2D eigenvalue weighted by molar-refractivity contribution is 7.99. The van der Waals surface area contributed by atoms with Crippen LogP contribution in [0, 0.1) is 0 Å². The van der Waals surface area contributed by atoms with Gasteiger partial charge in [-0.15, -0.1) is 11.8 Å². The minimum absolute atomic E-state index is 0.147. The normalized spacial score (nSPS) is 12.1. The first-order valence-corrected chi connectivity index (χ1v) is 6.92. The number of aliphatic hydroxyl groups excluding tert-OH is 1. The van der Waals surface area contributed by atoms with E-state index in [9.17, 15) is 0 Å². The van der Waals surface area contributed by atoms with Crippen LogP contribution in [0.1, 0.15) is 33.3 Å². The average molecular weight is 253 g/mol. The predicted molar refractivity (Wildman–Crippen MR) is 75.4 cm³/mol. The van der Waals surface area contributed by atoms with E-state index in [2.05, 4.69) is 43.4 Å². The third-order valence-electron chi connectivity index (χ3n) is 2.46. The van der Waals surface area contributed by atoms with Crippen molar-refractivity contribution in [3.05, 3.63) is 29.8 Å². The van der Waals surface area contributed by atoms with E-state index in [1.807, 2.05) is 25.6 Å². The van der Waals surface area contributed by atoms with Crippen molar-refractivity contribution in [3.63, 3.8) is 0 Å². The maximum absolute atomic E-state index is 9.15. The molecule has 0 aliphatic rings. The third kappa shape index (κ3) is 5.57. The molecular weight excluding hydrogens is 230 g/mol. The number of rotatable bonds is 6. The van der Waals surface area contributed by atoms with E-state index in [0.29, 0.717) is 5.25 Å². The molecule has 0 amide bonds. The van der Waals surface area contributed by atoms with Crippen LogP contribution in [-0.4, -0.2) is 22.5 Å². The maximum Gasteiger partial charge on any atom is 0.0607 e. The fraction of sp³-hybridized carbons (Fsp3) is 0.571. The fourth-order valence-corrected chi connectivity index (χ4v) is 2.19. The van der Waals surface area contributed by atoms with E-state index in [1.165, 1.54) is 10.5 Å². The van der Waals surface area contributed by atoms with E-state index in [-0.39, 0.29) is 12.1 Å². The molecule has 0 bridgehead atoms. The Morgan fingerprint density at radius 2 is 1.82 bits per heavy atom. The largest absolute Gasteiger partial charge is 0.394 e. The molecule has 0 aliphatic heterocycles. The lowest BCUT2D eigenvalue weighted by Crippen LogP contribution is -2.42. The van der Waals surface area contributed by atoms with Crippen molar-refractivity contribution in [1.82, 2.24) is 5.32 Å². The minimum Gasteiger partial charge on any atom is -0.394 e. The number of benzene rings is 1. The van der Waals surface area contributed by atoms with Gasteiger partial charge in [-0.05, 0) is 31.5 Å². The molecule has 1 aromatic carbocycles. The number of hydrogen-bond donors (Lipinski definition) is 2. The van der Waals surface area contributed by atoms with Crippen LogP contribution in [0.5, 0.6) is 0 Å². The maximum atomic E-state index is 9.15. The van der Waals surface area contributed by atoms with Gasteiger partial charge in [0, 0.05) is 22.2 Å². The molecule has 2 nitrogen and oxygen atoms in total. The smallest absolute Gasteiger partial charge is 0.0607 e. The molecule has 96 valence electrons. The first kappa shape index (κ1) is 14.6. The Labute approximate surface area is 109 Å². The van der Waals surface area contributed by atoms with Gasteiger partial charge in [-0.3, -0.25) is 0 Å². The molecule has 1 aromatic rings. The molecule has 0 unspecified atom stereocenters. The SMILES string of the molecule is CC(C)Sc1ccc(CNC(C)(C)CO)cc1. The summed E-state index contributed by atoms with van der Waals surface area (Å²) in [6.07, 6.45) is 0. The molecule has 0 aromatic heterocycles. The van der Waals surface area contributed by atoms with Crippen LogP contribution in [-0.2, 0) is 6.54 Å². The molecule has 0 saturated heterocycles. The highest BCUT2D eigenvalue weighted by Gasteiger charge is 2.14. The number of thioether (sulfide) groups is 1. The van der Waals surface area contributed by atoms with Gasteiger partial charge in [0.15, 0.2) is 0 Å². The van der Waals surface area contributed by atoms with Crippen molar-refractivity contribution >= 4 is 11.8 Å². The summed E-state index contributed by atoms with van der Waals surface area (Å²) in [7, 11) is 0. The lowest BCUT2D eigenvalue weighted by molar-refractivity contribution is 0.187. The van der Waals surface area contributed by atoms with E-state index in [1.54, 1.807) is 0 Å². The van der Waals surface area contributed by atoms with Crippen LogP contribution in [0.15, 0.2) is 29.2 Å². The van der Waals surface area contributed by atoms with E-state index < -0.39 is 0 Å². The van der Waals surface area contributed by atoms with Crippen LogP contribution in [0.2, 0.25) is 0 Å².